The average molecular weight is 557 g/mol. The number of fused-ring (bicyclic) bond motifs is 6. The highest BCUT2D eigenvalue weighted by Crippen LogP contribution is 2.63. The fourth-order valence-corrected chi connectivity index (χ4v) is 8.10. The van der Waals surface area contributed by atoms with Crippen LogP contribution in [0, 0.1) is 13.8 Å². The molecule has 2 aliphatic carbocycles. The first-order chi connectivity index (χ1) is 20.9. The van der Waals surface area contributed by atoms with E-state index < -0.39 is 10.8 Å². The third-order valence-electron chi connectivity index (χ3n) is 10.0. The lowest BCUT2D eigenvalue weighted by molar-refractivity contribution is 0.446. The molecule has 8 rings (SSSR count). The molecule has 0 spiro atoms. The topological polar surface area (TPSA) is 40.5 Å². The Morgan fingerprint density at radius 2 is 0.721 bits per heavy atom. The first kappa shape index (κ1) is 25.6. The predicted molar refractivity (Wildman–Crippen MR) is 174 cm³/mol. The molecule has 0 fully saturated rings. The van der Waals surface area contributed by atoms with Crippen molar-refractivity contribution in [2.45, 2.75) is 31.1 Å². The molecule has 2 aliphatic rings. The van der Waals surface area contributed by atoms with Crippen molar-refractivity contribution < 1.29 is 10.2 Å². The third kappa shape index (κ3) is 3.41. The van der Waals surface area contributed by atoms with E-state index in [4.69, 9.17) is 0 Å². The van der Waals surface area contributed by atoms with Gasteiger partial charge in [-0.05, 0) is 99.2 Å². The molecule has 2 heteroatoms. The zero-order valence-corrected chi connectivity index (χ0v) is 24.3. The second-order valence-corrected chi connectivity index (χ2v) is 12.2. The van der Waals surface area contributed by atoms with Gasteiger partial charge >= 0.3 is 0 Å². The summed E-state index contributed by atoms with van der Waals surface area (Å²) < 4.78 is 0. The van der Waals surface area contributed by atoms with Crippen LogP contribution in [0.15, 0.2) is 133 Å². The second kappa shape index (κ2) is 9.21. The maximum Gasteiger partial charge on any atom is 0.118 e. The van der Waals surface area contributed by atoms with Gasteiger partial charge in [-0.1, -0.05) is 121 Å². The monoisotopic (exact) mass is 556 g/mol. The summed E-state index contributed by atoms with van der Waals surface area (Å²) in [5.74, 6) is 0.609. The van der Waals surface area contributed by atoms with Gasteiger partial charge in [0.15, 0.2) is 0 Å². The van der Waals surface area contributed by atoms with Crippen molar-refractivity contribution in [3.8, 4) is 33.8 Å². The molecule has 0 aromatic heterocycles. The van der Waals surface area contributed by atoms with Crippen LogP contribution in [-0.2, 0) is 10.8 Å². The summed E-state index contributed by atoms with van der Waals surface area (Å²) in [4.78, 5) is 0. The minimum atomic E-state index is -0.526. The highest BCUT2D eigenvalue weighted by atomic mass is 16.3. The SMILES string of the molecule is Cc1cc(C2(CC3(c4ccc(O)c(C)c4)c4ccccc4-c4ccccc43)c3ccccc3-c3ccccc32)ccc1O. The van der Waals surface area contributed by atoms with Gasteiger partial charge in [-0.15, -0.1) is 0 Å². The Morgan fingerprint density at radius 1 is 0.419 bits per heavy atom. The largest absolute Gasteiger partial charge is 0.508 e. The molecule has 0 atom stereocenters. The first-order valence-corrected chi connectivity index (χ1v) is 14.9. The van der Waals surface area contributed by atoms with Crippen molar-refractivity contribution in [1.82, 2.24) is 0 Å². The van der Waals surface area contributed by atoms with Crippen molar-refractivity contribution >= 4 is 0 Å². The van der Waals surface area contributed by atoms with Gasteiger partial charge in [0.2, 0.25) is 0 Å². The van der Waals surface area contributed by atoms with Gasteiger partial charge in [-0.2, -0.15) is 0 Å². The number of hydrogen-bond acceptors (Lipinski definition) is 2. The zero-order valence-electron chi connectivity index (χ0n) is 24.3. The molecule has 0 heterocycles. The fourth-order valence-electron chi connectivity index (χ4n) is 8.10. The van der Waals surface area contributed by atoms with Crippen LogP contribution in [-0.4, -0.2) is 10.2 Å². The van der Waals surface area contributed by atoms with Crippen LogP contribution in [0.2, 0.25) is 0 Å². The van der Waals surface area contributed by atoms with Gasteiger partial charge in [-0.3, -0.25) is 0 Å². The summed E-state index contributed by atoms with van der Waals surface area (Å²) in [5.41, 5.74) is 13.1. The molecule has 0 saturated carbocycles. The van der Waals surface area contributed by atoms with E-state index >= 15 is 0 Å². The number of benzene rings is 6. The molecule has 2 N–H and O–H groups in total. The lowest BCUT2D eigenvalue weighted by Gasteiger charge is -2.43. The van der Waals surface area contributed by atoms with Crippen LogP contribution >= 0.6 is 0 Å². The van der Waals surface area contributed by atoms with Crippen LogP contribution in [0.3, 0.4) is 0 Å². The van der Waals surface area contributed by atoms with Gasteiger partial charge < -0.3 is 10.2 Å². The number of phenolic OH excluding ortho intramolecular Hbond substituents is 2. The summed E-state index contributed by atoms with van der Waals surface area (Å²) in [6, 6.07) is 47.6. The molecule has 0 radical (unpaired) electrons. The number of hydrogen-bond donors (Lipinski definition) is 2. The molecule has 0 saturated heterocycles. The van der Waals surface area contributed by atoms with Gasteiger partial charge in [0.1, 0.15) is 11.5 Å². The molecular formula is C41H32O2. The van der Waals surface area contributed by atoms with E-state index in [-0.39, 0.29) is 0 Å². The van der Waals surface area contributed by atoms with Crippen molar-refractivity contribution in [3.63, 3.8) is 0 Å². The molecule has 0 unspecified atom stereocenters. The van der Waals surface area contributed by atoms with Gasteiger partial charge in [-0.25, -0.2) is 0 Å². The summed E-state index contributed by atoms with van der Waals surface area (Å²) in [7, 11) is 0. The maximum absolute atomic E-state index is 10.7. The van der Waals surface area contributed by atoms with Gasteiger partial charge in [0.25, 0.3) is 0 Å². The summed E-state index contributed by atoms with van der Waals surface area (Å²) in [6.45, 7) is 3.97. The van der Waals surface area contributed by atoms with Crippen molar-refractivity contribution in [2.24, 2.45) is 0 Å². The quantitative estimate of drug-likeness (QED) is 0.227. The van der Waals surface area contributed by atoms with Gasteiger partial charge in [0.05, 0.1) is 0 Å². The Bertz CT molecular complexity index is 1830. The number of phenols is 2. The van der Waals surface area contributed by atoms with Crippen LogP contribution in [0.25, 0.3) is 22.3 Å². The molecule has 43 heavy (non-hydrogen) atoms. The molecule has 208 valence electrons. The highest BCUT2D eigenvalue weighted by Gasteiger charge is 2.54. The van der Waals surface area contributed by atoms with Crippen molar-refractivity contribution in [1.29, 1.82) is 0 Å². The average Bonchev–Trinajstić information content (AvgIpc) is 3.49. The second-order valence-electron chi connectivity index (χ2n) is 12.2. The van der Waals surface area contributed by atoms with Crippen LogP contribution < -0.4 is 0 Å². The highest BCUT2D eigenvalue weighted by molar-refractivity contribution is 5.87. The lowest BCUT2D eigenvalue weighted by atomic mass is 9.58. The Kier molecular flexibility index (Phi) is 5.49. The van der Waals surface area contributed by atoms with E-state index in [1.54, 1.807) is 0 Å². The van der Waals surface area contributed by atoms with Crippen LogP contribution in [0.1, 0.15) is 50.9 Å². The van der Waals surface area contributed by atoms with E-state index in [0.717, 1.165) is 28.7 Å². The van der Waals surface area contributed by atoms with E-state index in [2.05, 4.69) is 121 Å². The molecule has 0 amide bonds. The maximum atomic E-state index is 10.7. The van der Waals surface area contributed by atoms with E-state index in [0.29, 0.717) is 11.5 Å². The van der Waals surface area contributed by atoms with Crippen LogP contribution in [0.4, 0.5) is 0 Å². The fraction of sp³-hybridized carbons (Fsp3) is 0.122. The summed E-state index contributed by atoms with van der Waals surface area (Å²) >= 11 is 0. The molecule has 6 aromatic carbocycles. The van der Waals surface area contributed by atoms with Crippen molar-refractivity contribution in [3.05, 3.63) is 178 Å². The lowest BCUT2D eigenvalue weighted by Crippen LogP contribution is -2.39. The molecular weight excluding hydrogens is 524 g/mol. The number of aryl methyl sites for hydroxylation is 2. The first-order valence-electron chi connectivity index (χ1n) is 14.9. The van der Waals surface area contributed by atoms with Crippen molar-refractivity contribution in [2.75, 3.05) is 0 Å². The Morgan fingerprint density at radius 3 is 1.02 bits per heavy atom. The molecule has 0 aliphatic heterocycles. The van der Waals surface area contributed by atoms with E-state index in [1.165, 1.54) is 44.5 Å². The normalized spacial score (nSPS) is 14.9. The number of aromatic hydroxyl groups is 2. The van der Waals surface area contributed by atoms with E-state index in [9.17, 15) is 10.2 Å². The summed E-state index contributed by atoms with van der Waals surface area (Å²) in [6.07, 6.45) is 0.733. The Balaban J connectivity index is 1.54. The zero-order chi connectivity index (χ0) is 29.3. The number of rotatable bonds is 4. The molecule has 2 nitrogen and oxygen atoms in total. The molecule has 0 bridgehead atoms. The Labute approximate surface area is 252 Å². The van der Waals surface area contributed by atoms with Gasteiger partial charge in [0, 0.05) is 10.8 Å². The third-order valence-corrected chi connectivity index (χ3v) is 10.0. The molecule has 6 aromatic rings. The smallest absolute Gasteiger partial charge is 0.118 e. The Hall–Kier alpha value is -5.08. The summed E-state index contributed by atoms with van der Waals surface area (Å²) in [5, 5.41) is 21.3. The van der Waals surface area contributed by atoms with E-state index in [1.807, 2.05) is 26.0 Å². The predicted octanol–water partition coefficient (Wildman–Crippen LogP) is 9.43. The minimum Gasteiger partial charge on any atom is -0.508 e. The standard InChI is InChI=1S/C41H32O2/c1-26-23-28(19-21-38(26)42)40(34-15-7-3-11-30(34)31-12-4-8-16-35(31)40)25-41(29-20-22-39(43)27(2)24-29)36-17-9-5-13-32(36)33-14-6-10-18-37(33)41/h3-24,42-43H,25H2,1-2H3. The minimum absolute atomic E-state index is 0.305. The van der Waals surface area contributed by atoms with Crippen LogP contribution in [0.5, 0.6) is 11.5 Å².